The number of rotatable bonds is 4. The average Bonchev–Trinajstić information content (AvgIpc) is 2.50. The standard InChI is InChI=1S/C16H15Br2NO2/c1-16(10-20,11-5-3-2-4-6-11)19-15(21)13-9-12(17)7-8-14(13)18/h2-9,20H,10H2,1H3,(H,19,21). The first-order valence-corrected chi connectivity index (χ1v) is 7.99. The highest BCUT2D eigenvalue weighted by molar-refractivity contribution is 9.11. The van der Waals surface area contributed by atoms with E-state index in [9.17, 15) is 9.90 Å². The Morgan fingerprint density at radius 1 is 1.19 bits per heavy atom. The number of carbonyl (C=O) groups excluding carboxylic acids is 1. The number of carbonyl (C=O) groups is 1. The first-order valence-electron chi connectivity index (χ1n) is 6.40. The van der Waals surface area contributed by atoms with E-state index < -0.39 is 5.54 Å². The van der Waals surface area contributed by atoms with E-state index in [0.29, 0.717) is 10.0 Å². The molecule has 0 spiro atoms. The molecule has 0 aliphatic rings. The first kappa shape index (κ1) is 16.2. The van der Waals surface area contributed by atoms with E-state index in [1.54, 1.807) is 19.1 Å². The Balaban J connectivity index is 2.30. The van der Waals surface area contributed by atoms with Gasteiger partial charge < -0.3 is 10.4 Å². The highest BCUT2D eigenvalue weighted by Crippen LogP contribution is 2.24. The van der Waals surface area contributed by atoms with Crippen molar-refractivity contribution in [3.63, 3.8) is 0 Å². The molecular weight excluding hydrogens is 398 g/mol. The minimum Gasteiger partial charge on any atom is -0.394 e. The quantitative estimate of drug-likeness (QED) is 0.801. The summed E-state index contributed by atoms with van der Waals surface area (Å²) in [6.07, 6.45) is 0. The third-order valence-corrected chi connectivity index (χ3v) is 4.47. The van der Waals surface area contributed by atoms with Gasteiger partial charge in [0.05, 0.1) is 17.7 Å². The van der Waals surface area contributed by atoms with Crippen molar-refractivity contribution in [1.29, 1.82) is 0 Å². The van der Waals surface area contributed by atoms with E-state index in [1.807, 2.05) is 36.4 Å². The fourth-order valence-corrected chi connectivity index (χ4v) is 2.79. The Morgan fingerprint density at radius 2 is 1.86 bits per heavy atom. The number of benzene rings is 2. The maximum absolute atomic E-state index is 12.5. The van der Waals surface area contributed by atoms with Crippen LogP contribution in [-0.2, 0) is 5.54 Å². The summed E-state index contributed by atoms with van der Waals surface area (Å²) in [5.41, 5.74) is 0.534. The second-order valence-electron chi connectivity index (χ2n) is 4.93. The Hall–Kier alpha value is -1.17. The fourth-order valence-electron chi connectivity index (χ4n) is 2.00. The molecule has 2 aromatic rings. The molecule has 0 bridgehead atoms. The second kappa shape index (κ2) is 6.73. The maximum Gasteiger partial charge on any atom is 0.253 e. The first-order chi connectivity index (χ1) is 9.96. The predicted molar refractivity (Wildman–Crippen MR) is 90.2 cm³/mol. The van der Waals surface area contributed by atoms with Gasteiger partial charge in [0.1, 0.15) is 0 Å². The molecule has 0 aliphatic carbocycles. The van der Waals surface area contributed by atoms with Crippen LogP contribution in [0.15, 0.2) is 57.5 Å². The third-order valence-electron chi connectivity index (χ3n) is 3.29. The molecule has 0 heterocycles. The van der Waals surface area contributed by atoms with E-state index in [0.717, 1.165) is 10.0 Å². The summed E-state index contributed by atoms with van der Waals surface area (Å²) >= 11 is 6.73. The predicted octanol–water partition coefficient (Wildman–Crippen LogP) is 3.85. The van der Waals surface area contributed by atoms with Crippen molar-refractivity contribution in [2.24, 2.45) is 0 Å². The third kappa shape index (κ3) is 3.73. The molecule has 0 aromatic heterocycles. The minimum atomic E-state index is -0.833. The molecule has 1 atom stereocenters. The molecule has 1 amide bonds. The van der Waals surface area contributed by atoms with Crippen LogP contribution in [0.3, 0.4) is 0 Å². The largest absolute Gasteiger partial charge is 0.394 e. The topological polar surface area (TPSA) is 49.3 Å². The van der Waals surface area contributed by atoms with E-state index >= 15 is 0 Å². The summed E-state index contributed by atoms with van der Waals surface area (Å²) in [6, 6.07) is 14.8. The zero-order chi connectivity index (χ0) is 15.5. The van der Waals surface area contributed by atoms with Gasteiger partial charge in [0, 0.05) is 8.95 Å². The lowest BCUT2D eigenvalue weighted by Gasteiger charge is -2.29. The molecule has 0 saturated heterocycles. The van der Waals surface area contributed by atoms with E-state index in [2.05, 4.69) is 37.2 Å². The molecule has 110 valence electrons. The molecule has 5 heteroatoms. The van der Waals surface area contributed by atoms with Crippen LogP contribution < -0.4 is 5.32 Å². The zero-order valence-electron chi connectivity index (χ0n) is 11.4. The van der Waals surface area contributed by atoms with Crippen molar-refractivity contribution in [3.05, 3.63) is 68.6 Å². The lowest BCUT2D eigenvalue weighted by Crippen LogP contribution is -2.46. The summed E-state index contributed by atoms with van der Waals surface area (Å²) in [5, 5.41) is 12.6. The van der Waals surface area contributed by atoms with Crippen molar-refractivity contribution >= 4 is 37.8 Å². The SMILES string of the molecule is CC(CO)(NC(=O)c1cc(Br)ccc1Br)c1ccccc1. The summed E-state index contributed by atoms with van der Waals surface area (Å²) in [4.78, 5) is 12.5. The van der Waals surface area contributed by atoms with Gasteiger partial charge in [0.15, 0.2) is 0 Å². The fraction of sp³-hybridized carbons (Fsp3) is 0.188. The van der Waals surface area contributed by atoms with E-state index in [-0.39, 0.29) is 12.5 Å². The molecule has 21 heavy (non-hydrogen) atoms. The molecule has 0 fully saturated rings. The summed E-state index contributed by atoms with van der Waals surface area (Å²) in [6.45, 7) is 1.61. The second-order valence-corrected chi connectivity index (χ2v) is 6.70. The van der Waals surface area contributed by atoms with Crippen LogP contribution in [-0.4, -0.2) is 17.6 Å². The summed E-state index contributed by atoms with van der Waals surface area (Å²) in [7, 11) is 0. The maximum atomic E-state index is 12.5. The van der Waals surface area contributed by atoms with Crippen LogP contribution in [0.25, 0.3) is 0 Å². The number of hydrogen-bond donors (Lipinski definition) is 2. The van der Waals surface area contributed by atoms with Crippen LogP contribution in [0, 0.1) is 0 Å². The summed E-state index contributed by atoms with van der Waals surface area (Å²) < 4.78 is 1.53. The lowest BCUT2D eigenvalue weighted by molar-refractivity contribution is 0.0848. The average molecular weight is 413 g/mol. The van der Waals surface area contributed by atoms with Crippen LogP contribution in [0.2, 0.25) is 0 Å². The number of hydrogen-bond acceptors (Lipinski definition) is 2. The van der Waals surface area contributed by atoms with Gasteiger partial charge >= 0.3 is 0 Å². The molecule has 0 aliphatic heterocycles. The molecule has 0 saturated carbocycles. The van der Waals surface area contributed by atoms with Crippen LogP contribution in [0.5, 0.6) is 0 Å². The number of amides is 1. The smallest absolute Gasteiger partial charge is 0.253 e. The Morgan fingerprint density at radius 3 is 2.48 bits per heavy atom. The number of nitrogens with one attached hydrogen (secondary N) is 1. The normalized spacial score (nSPS) is 13.5. The molecule has 3 nitrogen and oxygen atoms in total. The number of aliphatic hydroxyl groups is 1. The van der Waals surface area contributed by atoms with Crippen LogP contribution in [0.1, 0.15) is 22.8 Å². The van der Waals surface area contributed by atoms with Gasteiger partial charge in [0.2, 0.25) is 0 Å². The van der Waals surface area contributed by atoms with Crippen LogP contribution in [0.4, 0.5) is 0 Å². The van der Waals surface area contributed by atoms with Gasteiger partial charge in [-0.25, -0.2) is 0 Å². The highest BCUT2D eigenvalue weighted by atomic mass is 79.9. The van der Waals surface area contributed by atoms with Gasteiger partial charge in [-0.2, -0.15) is 0 Å². The Kier molecular flexibility index (Phi) is 5.19. The van der Waals surface area contributed by atoms with Crippen molar-refractivity contribution in [2.75, 3.05) is 6.61 Å². The minimum absolute atomic E-state index is 0.186. The molecule has 1 unspecified atom stereocenters. The van der Waals surface area contributed by atoms with Crippen molar-refractivity contribution in [2.45, 2.75) is 12.5 Å². The van der Waals surface area contributed by atoms with E-state index in [1.165, 1.54) is 0 Å². The van der Waals surface area contributed by atoms with Crippen LogP contribution >= 0.6 is 31.9 Å². The highest BCUT2D eigenvalue weighted by Gasteiger charge is 2.28. The number of halogens is 2. The van der Waals surface area contributed by atoms with Gasteiger partial charge in [-0.15, -0.1) is 0 Å². The van der Waals surface area contributed by atoms with Gasteiger partial charge in [-0.1, -0.05) is 46.3 Å². The van der Waals surface area contributed by atoms with Gasteiger partial charge in [-0.3, -0.25) is 4.79 Å². The number of aliphatic hydroxyl groups excluding tert-OH is 1. The van der Waals surface area contributed by atoms with Crippen molar-refractivity contribution in [3.8, 4) is 0 Å². The molecule has 2 N–H and O–H groups in total. The molecular formula is C16H15Br2NO2. The molecule has 2 aromatic carbocycles. The Bertz CT molecular complexity index is 646. The van der Waals surface area contributed by atoms with Gasteiger partial charge in [-0.05, 0) is 46.6 Å². The van der Waals surface area contributed by atoms with Gasteiger partial charge in [0.25, 0.3) is 5.91 Å². The Labute approximate surface area is 140 Å². The monoisotopic (exact) mass is 411 g/mol. The van der Waals surface area contributed by atoms with E-state index in [4.69, 9.17) is 0 Å². The van der Waals surface area contributed by atoms with Crippen molar-refractivity contribution in [1.82, 2.24) is 5.32 Å². The lowest BCUT2D eigenvalue weighted by atomic mass is 9.92. The van der Waals surface area contributed by atoms with Crippen molar-refractivity contribution < 1.29 is 9.90 Å². The zero-order valence-corrected chi connectivity index (χ0v) is 14.6. The molecule has 2 rings (SSSR count). The summed E-state index contributed by atoms with van der Waals surface area (Å²) in [5.74, 6) is -0.247. The molecule has 0 radical (unpaired) electrons.